The number of hydrogen-bond donors (Lipinski definition) is 2. The maximum Gasteiger partial charge on any atom is 0.416 e. The molecule has 0 aliphatic carbocycles. The number of benzene rings is 2. The zero-order chi connectivity index (χ0) is 21.9. The number of rotatable bonds is 5. The summed E-state index contributed by atoms with van der Waals surface area (Å²) in [6, 6.07) is 8.43. The molecule has 1 aromatic heterocycles. The van der Waals surface area contributed by atoms with Crippen molar-refractivity contribution in [2.45, 2.75) is 6.18 Å². The highest BCUT2D eigenvalue weighted by atomic mass is 19.4. The Morgan fingerprint density at radius 3 is 2.50 bits per heavy atom. The minimum atomic E-state index is -4.71. The van der Waals surface area contributed by atoms with E-state index in [1.807, 2.05) is 0 Å². The predicted molar refractivity (Wildman–Crippen MR) is 99.5 cm³/mol. The van der Waals surface area contributed by atoms with E-state index in [0.717, 1.165) is 24.3 Å². The number of pyridine rings is 1. The molecule has 0 spiro atoms. The van der Waals surface area contributed by atoms with Gasteiger partial charge in [-0.3, -0.25) is 9.59 Å². The number of ether oxygens (including phenoxy) is 2. The first-order chi connectivity index (χ1) is 14.2. The lowest BCUT2D eigenvalue weighted by Gasteiger charge is -2.16. The number of methoxy groups -OCH3 is 1. The van der Waals surface area contributed by atoms with E-state index >= 15 is 0 Å². The highest BCUT2D eigenvalue weighted by Gasteiger charge is 2.32. The summed E-state index contributed by atoms with van der Waals surface area (Å²) in [5, 5.41) is 2.33. The topological polar surface area (TPSA) is 80.4 Å². The third kappa shape index (κ3) is 4.59. The van der Waals surface area contributed by atoms with Gasteiger partial charge in [-0.05, 0) is 36.4 Å². The summed E-state index contributed by atoms with van der Waals surface area (Å²) in [6.45, 7) is 0. The van der Waals surface area contributed by atoms with E-state index in [-0.39, 0.29) is 22.9 Å². The van der Waals surface area contributed by atoms with E-state index in [0.29, 0.717) is 6.07 Å². The fraction of sp³-hybridized carbons (Fsp3) is 0.100. The Hall–Kier alpha value is -3.82. The van der Waals surface area contributed by atoms with Gasteiger partial charge in [0.1, 0.15) is 5.75 Å². The zero-order valence-electron chi connectivity index (χ0n) is 15.3. The maximum absolute atomic E-state index is 13.9. The van der Waals surface area contributed by atoms with Crippen molar-refractivity contribution in [2.75, 3.05) is 12.4 Å². The number of alkyl halides is 3. The number of para-hydroxylation sites is 1. The van der Waals surface area contributed by atoms with Crippen molar-refractivity contribution < 1.29 is 31.8 Å². The van der Waals surface area contributed by atoms with Crippen molar-refractivity contribution in [1.29, 1.82) is 0 Å². The van der Waals surface area contributed by atoms with Gasteiger partial charge in [-0.2, -0.15) is 13.2 Å². The van der Waals surface area contributed by atoms with E-state index in [2.05, 4.69) is 10.3 Å². The third-order valence-corrected chi connectivity index (χ3v) is 3.94. The summed E-state index contributed by atoms with van der Waals surface area (Å²) in [7, 11) is 1.19. The van der Waals surface area contributed by atoms with E-state index < -0.39 is 34.6 Å². The van der Waals surface area contributed by atoms with Crippen LogP contribution in [0.25, 0.3) is 0 Å². The number of aromatic nitrogens is 1. The predicted octanol–water partition coefficient (Wildman–Crippen LogP) is 4.59. The quantitative estimate of drug-likeness (QED) is 0.590. The van der Waals surface area contributed by atoms with E-state index in [1.54, 1.807) is 0 Å². The molecule has 1 heterocycles. The van der Waals surface area contributed by atoms with Gasteiger partial charge in [0.15, 0.2) is 17.3 Å². The van der Waals surface area contributed by atoms with Gasteiger partial charge >= 0.3 is 6.18 Å². The second kappa shape index (κ2) is 8.27. The van der Waals surface area contributed by atoms with Gasteiger partial charge in [0.05, 0.1) is 18.2 Å². The van der Waals surface area contributed by atoms with Gasteiger partial charge in [-0.1, -0.05) is 6.07 Å². The fourth-order valence-electron chi connectivity index (χ4n) is 2.58. The summed E-state index contributed by atoms with van der Waals surface area (Å²) < 4.78 is 63.8. The van der Waals surface area contributed by atoms with Crippen LogP contribution in [-0.2, 0) is 6.18 Å². The van der Waals surface area contributed by atoms with Crippen LogP contribution in [0.2, 0.25) is 0 Å². The second-order valence-corrected chi connectivity index (χ2v) is 5.98. The van der Waals surface area contributed by atoms with Crippen molar-refractivity contribution in [3.8, 4) is 17.2 Å². The molecule has 1 amide bonds. The Labute approximate surface area is 167 Å². The minimum absolute atomic E-state index is 0.0652. The number of anilines is 1. The number of carbonyl (C=O) groups is 1. The molecule has 10 heteroatoms. The van der Waals surface area contributed by atoms with Crippen LogP contribution in [-0.4, -0.2) is 18.0 Å². The van der Waals surface area contributed by atoms with E-state index in [4.69, 9.17) is 9.47 Å². The summed E-state index contributed by atoms with van der Waals surface area (Å²) in [4.78, 5) is 26.4. The molecule has 3 aromatic rings. The SMILES string of the molecule is COc1c(F)cccc1Oc1ccc(C(F)(F)F)cc1C(=O)Nc1cc[nH]c(=O)c1. The molecule has 2 N–H and O–H groups in total. The summed E-state index contributed by atoms with van der Waals surface area (Å²) in [5.41, 5.74) is -2.01. The molecule has 0 bridgehead atoms. The van der Waals surface area contributed by atoms with Crippen molar-refractivity contribution >= 4 is 11.6 Å². The third-order valence-electron chi connectivity index (χ3n) is 3.94. The maximum atomic E-state index is 13.9. The van der Waals surface area contributed by atoms with Crippen molar-refractivity contribution in [1.82, 2.24) is 4.98 Å². The van der Waals surface area contributed by atoms with Gasteiger partial charge in [0, 0.05) is 18.0 Å². The average Bonchev–Trinajstić information content (AvgIpc) is 2.67. The number of aromatic amines is 1. The molecule has 0 unspecified atom stereocenters. The largest absolute Gasteiger partial charge is 0.490 e. The fourth-order valence-corrected chi connectivity index (χ4v) is 2.58. The first kappa shape index (κ1) is 20.9. The number of amides is 1. The van der Waals surface area contributed by atoms with Crippen LogP contribution in [0.5, 0.6) is 17.2 Å². The number of nitrogens with one attached hydrogen (secondary N) is 2. The molecule has 2 aromatic carbocycles. The van der Waals surface area contributed by atoms with Crippen LogP contribution < -0.4 is 20.3 Å². The number of H-pyrrole nitrogens is 1. The van der Waals surface area contributed by atoms with Crippen molar-refractivity contribution in [3.63, 3.8) is 0 Å². The molecule has 30 heavy (non-hydrogen) atoms. The lowest BCUT2D eigenvalue weighted by atomic mass is 10.1. The molecule has 0 aliphatic rings. The van der Waals surface area contributed by atoms with Crippen molar-refractivity contribution in [3.05, 3.63) is 82.0 Å². The number of halogens is 4. The molecule has 0 saturated heterocycles. The Balaban J connectivity index is 2.04. The zero-order valence-corrected chi connectivity index (χ0v) is 15.3. The van der Waals surface area contributed by atoms with Gasteiger partial charge in [0.25, 0.3) is 5.91 Å². The number of hydrogen-bond acceptors (Lipinski definition) is 4. The summed E-state index contributed by atoms with van der Waals surface area (Å²) >= 11 is 0. The summed E-state index contributed by atoms with van der Waals surface area (Å²) in [5.74, 6) is -2.40. The van der Waals surface area contributed by atoms with Gasteiger partial charge in [-0.15, -0.1) is 0 Å². The Bertz CT molecular complexity index is 1140. The molecule has 0 saturated carbocycles. The van der Waals surface area contributed by atoms with Crippen LogP contribution in [0.15, 0.2) is 59.5 Å². The van der Waals surface area contributed by atoms with Gasteiger partial charge < -0.3 is 19.8 Å². The molecule has 0 fully saturated rings. The molecular weight excluding hydrogens is 408 g/mol. The van der Waals surface area contributed by atoms with Gasteiger partial charge in [0.2, 0.25) is 5.56 Å². The minimum Gasteiger partial charge on any atom is -0.490 e. The second-order valence-electron chi connectivity index (χ2n) is 5.98. The average molecular weight is 422 g/mol. The first-order valence-corrected chi connectivity index (χ1v) is 8.40. The van der Waals surface area contributed by atoms with Crippen LogP contribution >= 0.6 is 0 Å². The Morgan fingerprint density at radius 1 is 1.07 bits per heavy atom. The molecule has 3 rings (SSSR count). The molecule has 156 valence electrons. The molecule has 6 nitrogen and oxygen atoms in total. The van der Waals surface area contributed by atoms with Crippen LogP contribution in [0.3, 0.4) is 0 Å². The van der Waals surface area contributed by atoms with Crippen LogP contribution in [0, 0.1) is 5.82 Å². The number of carbonyl (C=O) groups excluding carboxylic acids is 1. The lowest BCUT2D eigenvalue weighted by Crippen LogP contribution is -2.16. The molecule has 0 radical (unpaired) electrons. The first-order valence-electron chi connectivity index (χ1n) is 8.40. The van der Waals surface area contributed by atoms with E-state index in [1.165, 1.54) is 31.5 Å². The standard InChI is InChI=1S/C20H14F4N2O4/c1-29-18-14(21)3-2-4-16(18)30-15-6-5-11(20(22,23)24)9-13(15)19(28)26-12-7-8-25-17(27)10-12/h2-10H,1H3,(H2,25,26,27,28). The monoisotopic (exact) mass is 422 g/mol. The van der Waals surface area contributed by atoms with Crippen molar-refractivity contribution in [2.24, 2.45) is 0 Å². The highest BCUT2D eigenvalue weighted by molar-refractivity contribution is 6.06. The summed E-state index contributed by atoms with van der Waals surface area (Å²) in [6.07, 6.45) is -3.45. The molecular formula is C20H14F4N2O4. The highest BCUT2D eigenvalue weighted by Crippen LogP contribution is 2.37. The Kier molecular flexibility index (Phi) is 5.77. The smallest absolute Gasteiger partial charge is 0.416 e. The van der Waals surface area contributed by atoms with Crippen LogP contribution in [0.4, 0.5) is 23.2 Å². The van der Waals surface area contributed by atoms with Gasteiger partial charge in [-0.25, -0.2) is 4.39 Å². The molecule has 0 aliphatic heterocycles. The van der Waals surface area contributed by atoms with E-state index in [9.17, 15) is 27.2 Å². The normalized spacial score (nSPS) is 11.1. The Morgan fingerprint density at radius 2 is 1.83 bits per heavy atom. The molecule has 0 atom stereocenters. The lowest BCUT2D eigenvalue weighted by molar-refractivity contribution is -0.137. The van der Waals surface area contributed by atoms with Crippen LogP contribution in [0.1, 0.15) is 15.9 Å².